The van der Waals surface area contributed by atoms with Gasteiger partial charge in [0, 0.05) is 0 Å². The highest BCUT2D eigenvalue weighted by Crippen LogP contribution is 2.27. The van der Waals surface area contributed by atoms with Gasteiger partial charge in [0.1, 0.15) is 23.6 Å². The molecule has 6 nitrogen and oxygen atoms in total. The molecule has 1 aromatic heterocycles. The lowest BCUT2D eigenvalue weighted by molar-refractivity contribution is 0.0502. The fourth-order valence-corrected chi connectivity index (χ4v) is 4.11. The Hall–Kier alpha value is -1.53. The average Bonchev–Trinajstić information content (AvgIpc) is 2.94. The maximum absolute atomic E-state index is 6.27. The number of nitrogens with zero attached hydrogens (tertiary/aromatic N) is 2. The summed E-state index contributed by atoms with van der Waals surface area (Å²) in [6, 6.07) is 0.726. The molecule has 0 saturated heterocycles. The van der Waals surface area contributed by atoms with Crippen molar-refractivity contribution >= 4 is 11.4 Å². The van der Waals surface area contributed by atoms with Crippen molar-refractivity contribution in [2.45, 2.75) is 57.2 Å². The number of ether oxygens (including phenoxy) is 1. The van der Waals surface area contributed by atoms with Crippen LogP contribution in [0.2, 0.25) is 0 Å². The Morgan fingerprint density at radius 2 is 2.27 bits per heavy atom. The number of hydrogen-bond donors (Lipinski definition) is 3. The highest BCUT2D eigenvalue weighted by atomic mass is 16.5. The highest BCUT2D eigenvalue weighted by molar-refractivity contribution is 5.58. The topological polar surface area (TPSA) is 91.1 Å². The van der Waals surface area contributed by atoms with Crippen LogP contribution in [0.15, 0.2) is 0 Å². The van der Waals surface area contributed by atoms with Gasteiger partial charge in [-0.15, -0.1) is 0 Å². The molecule has 1 unspecified atom stereocenters. The van der Waals surface area contributed by atoms with Crippen LogP contribution in [0.5, 0.6) is 0 Å². The SMILES string of the molecule is NCCC[C@H]1COCc2nc3c(n21)=C1CCCCC1NC=3N. The molecular formula is C16H25N5O. The van der Waals surface area contributed by atoms with Gasteiger partial charge in [0.25, 0.3) is 0 Å². The first-order valence-corrected chi connectivity index (χ1v) is 8.44. The van der Waals surface area contributed by atoms with Crippen LogP contribution in [-0.4, -0.2) is 28.7 Å². The van der Waals surface area contributed by atoms with Crippen molar-refractivity contribution in [2.24, 2.45) is 11.5 Å². The minimum Gasteiger partial charge on any atom is -0.384 e. The number of aromatic nitrogens is 2. The molecule has 6 heteroatoms. The summed E-state index contributed by atoms with van der Waals surface area (Å²) in [7, 11) is 0. The molecule has 2 atom stereocenters. The predicted octanol–water partition coefficient (Wildman–Crippen LogP) is -0.586. The number of fused-ring (bicyclic) bond motifs is 4. The number of hydrogen-bond acceptors (Lipinski definition) is 5. The molecule has 5 N–H and O–H groups in total. The van der Waals surface area contributed by atoms with Crippen molar-refractivity contribution in [3.8, 4) is 0 Å². The smallest absolute Gasteiger partial charge is 0.136 e. The first kappa shape index (κ1) is 14.1. The molecule has 3 aliphatic rings. The summed E-state index contributed by atoms with van der Waals surface area (Å²) in [4.78, 5) is 4.78. The van der Waals surface area contributed by atoms with Gasteiger partial charge in [-0.1, -0.05) is 6.42 Å². The standard InChI is InChI=1S/C16H25N5O/c17-7-3-4-10-8-22-9-13-20-14-15(21(10)13)11-5-1-2-6-12(11)19-16(14)18/h10,12,19H,1-9,17-18H2/t10-,12?/m0/s1. The van der Waals surface area contributed by atoms with E-state index in [1.54, 1.807) is 0 Å². The monoisotopic (exact) mass is 303 g/mol. The van der Waals surface area contributed by atoms with Crippen molar-refractivity contribution < 1.29 is 4.74 Å². The normalized spacial score (nSPS) is 27.0. The van der Waals surface area contributed by atoms with Gasteiger partial charge in [-0.05, 0) is 44.2 Å². The van der Waals surface area contributed by atoms with E-state index in [1.807, 2.05) is 0 Å². The predicted molar refractivity (Wildman–Crippen MR) is 84.9 cm³/mol. The van der Waals surface area contributed by atoms with Crippen LogP contribution < -0.4 is 27.5 Å². The van der Waals surface area contributed by atoms with Crippen molar-refractivity contribution in [1.82, 2.24) is 14.9 Å². The van der Waals surface area contributed by atoms with Gasteiger partial charge in [0.05, 0.1) is 24.0 Å². The van der Waals surface area contributed by atoms with E-state index >= 15 is 0 Å². The lowest BCUT2D eigenvalue weighted by Crippen LogP contribution is -2.52. The van der Waals surface area contributed by atoms with Gasteiger partial charge in [-0.25, -0.2) is 4.98 Å². The Morgan fingerprint density at radius 1 is 1.36 bits per heavy atom. The maximum atomic E-state index is 6.27. The van der Waals surface area contributed by atoms with E-state index in [0.717, 1.165) is 49.4 Å². The number of imidazole rings is 1. The second-order valence-corrected chi connectivity index (χ2v) is 6.58. The molecule has 0 spiro atoms. The average molecular weight is 303 g/mol. The van der Waals surface area contributed by atoms with E-state index in [9.17, 15) is 0 Å². The van der Waals surface area contributed by atoms with E-state index in [2.05, 4.69) is 9.88 Å². The molecule has 1 aliphatic carbocycles. The van der Waals surface area contributed by atoms with E-state index < -0.39 is 0 Å². The van der Waals surface area contributed by atoms with E-state index in [0.29, 0.717) is 18.7 Å². The molecule has 3 heterocycles. The first-order chi connectivity index (χ1) is 10.8. The molecule has 2 aliphatic heterocycles. The van der Waals surface area contributed by atoms with E-state index in [1.165, 1.54) is 30.2 Å². The minimum atomic E-state index is 0.338. The van der Waals surface area contributed by atoms with E-state index in [-0.39, 0.29) is 0 Å². The summed E-state index contributed by atoms with van der Waals surface area (Å²) in [6.45, 7) is 2.05. The fourth-order valence-electron chi connectivity index (χ4n) is 4.11. The molecule has 22 heavy (non-hydrogen) atoms. The maximum Gasteiger partial charge on any atom is 0.136 e. The third-order valence-corrected chi connectivity index (χ3v) is 5.13. The molecule has 1 aromatic rings. The van der Waals surface area contributed by atoms with Crippen molar-refractivity contribution in [1.29, 1.82) is 0 Å². The number of nitrogens with one attached hydrogen (secondary N) is 1. The largest absolute Gasteiger partial charge is 0.384 e. The zero-order valence-electron chi connectivity index (χ0n) is 13.0. The third-order valence-electron chi connectivity index (χ3n) is 5.13. The summed E-state index contributed by atoms with van der Waals surface area (Å²) in [5, 5.41) is 5.68. The minimum absolute atomic E-state index is 0.338. The Morgan fingerprint density at radius 3 is 3.14 bits per heavy atom. The van der Waals surface area contributed by atoms with Gasteiger partial charge in [-0.3, -0.25) is 0 Å². The lowest BCUT2D eigenvalue weighted by Gasteiger charge is -2.31. The molecule has 0 amide bonds. The Kier molecular flexibility index (Phi) is 3.58. The molecule has 4 rings (SSSR count). The van der Waals surface area contributed by atoms with Gasteiger partial charge >= 0.3 is 0 Å². The molecule has 1 saturated carbocycles. The summed E-state index contributed by atoms with van der Waals surface area (Å²) >= 11 is 0. The van der Waals surface area contributed by atoms with Crippen LogP contribution in [0, 0.1) is 0 Å². The summed E-state index contributed by atoms with van der Waals surface area (Å²) in [6.07, 6.45) is 6.89. The Balaban J connectivity index is 1.91. The molecule has 0 bridgehead atoms. The quantitative estimate of drug-likeness (QED) is 0.694. The highest BCUT2D eigenvalue weighted by Gasteiger charge is 2.30. The molecule has 120 valence electrons. The van der Waals surface area contributed by atoms with Gasteiger partial charge < -0.3 is 26.1 Å². The number of nitrogens with two attached hydrogens (primary N) is 2. The van der Waals surface area contributed by atoms with Crippen LogP contribution in [-0.2, 0) is 11.3 Å². The second-order valence-electron chi connectivity index (χ2n) is 6.58. The van der Waals surface area contributed by atoms with Crippen molar-refractivity contribution in [3.63, 3.8) is 0 Å². The van der Waals surface area contributed by atoms with Crippen molar-refractivity contribution in [3.05, 3.63) is 16.5 Å². The van der Waals surface area contributed by atoms with Gasteiger partial charge in [0.2, 0.25) is 0 Å². The van der Waals surface area contributed by atoms with Crippen molar-refractivity contribution in [2.75, 3.05) is 13.2 Å². The Labute approximate surface area is 130 Å². The fraction of sp³-hybridized carbons (Fsp3) is 0.688. The molecule has 1 fully saturated rings. The van der Waals surface area contributed by atoms with E-state index in [4.69, 9.17) is 21.2 Å². The van der Waals surface area contributed by atoms with Crippen LogP contribution in [0.4, 0.5) is 0 Å². The summed E-state index contributed by atoms with van der Waals surface area (Å²) in [5.41, 5.74) is 13.5. The van der Waals surface area contributed by atoms with Crippen LogP contribution in [0.3, 0.4) is 0 Å². The second kappa shape index (κ2) is 5.59. The van der Waals surface area contributed by atoms with Gasteiger partial charge in [0.15, 0.2) is 0 Å². The first-order valence-electron chi connectivity index (χ1n) is 8.44. The summed E-state index contributed by atoms with van der Waals surface area (Å²) < 4.78 is 8.16. The zero-order chi connectivity index (χ0) is 15.1. The molecule has 0 radical (unpaired) electrons. The van der Waals surface area contributed by atoms with Crippen LogP contribution in [0.1, 0.15) is 50.4 Å². The van der Waals surface area contributed by atoms with Gasteiger partial charge in [-0.2, -0.15) is 0 Å². The summed E-state index contributed by atoms with van der Waals surface area (Å²) in [5.74, 6) is 1.74. The molecule has 0 aromatic carbocycles. The molecular weight excluding hydrogens is 278 g/mol. The van der Waals surface area contributed by atoms with Crippen LogP contribution in [0.25, 0.3) is 11.4 Å². The lowest BCUT2D eigenvalue weighted by atomic mass is 9.88. The van der Waals surface area contributed by atoms with Crippen LogP contribution >= 0.6 is 0 Å². The Bertz CT molecular complexity index is 692. The third kappa shape index (κ3) is 2.13. The zero-order valence-corrected chi connectivity index (χ0v) is 13.0. The number of rotatable bonds is 3.